The van der Waals surface area contributed by atoms with Crippen LogP contribution < -0.4 is 0 Å². The average molecular weight is 403 g/mol. The molecular formula is C26H30N2O2. The molecule has 2 heterocycles. The highest BCUT2D eigenvalue weighted by Crippen LogP contribution is 2.32. The number of hydrogen-bond acceptors (Lipinski definition) is 4. The molecule has 156 valence electrons. The number of fused-ring (bicyclic) bond motifs is 2. The summed E-state index contributed by atoms with van der Waals surface area (Å²) in [5.41, 5.74) is 8.88. The molecule has 1 saturated heterocycles. The molecule has 5 rings (SSSR count). The van der Waals surface area contributed by atoms with Gasteiger partial charge in [-0.3, -0.25) is 4.90 Å². The highest BCUT2D eigenvalue weighted by Gasteiger charge is 2.22. The molecule has 1 aromatic heterocycles. The average Bonchev–Trinajstić information content (AvgIpc) is 3.19. The van der Waals surface area contributed by atoms with Crippen LogP contribution in [0.25, 0.3) is 22.2 Å². The minimum absolute atomic E-state index is 0.114. The molecule has 4 nitrogen and oxygen atoms in total. The Morgan fingerprint density at radius 3 is 2.83 bits per heavy atom. The molecule has 30 heavy (non-hydrogen) atoms. The molecule has 1 aliphatic heterocycles. The fraction of sp³-hybridized carbons (Fsp3) is 0.423. The zero-order chi connectivity index (χ0) is 20.5. The zero-order valence-electron chi connectivity index (χ0n) is 17.7. The Bertz CT molecular complexity index is 1060. The lowest BCUT2D eigenvalue weighted by molar-refractivity contribution is -0.0406. The second-order valence-corrected chi connectivity index (χ2v) is 8.77. The number of aromatic nitrogens is 1. The van der Waals surface area contributed by atoms with Crippen molar-refractivity contribution in [2.45, 2.75) is 45.3 Å². The quantitative estimate of drug-likeness (QED) is 0.692. The van der Waals surface area contributed by atoms with Gasteiger partial charge in [0.1, 0.15) is 0 Å². The third-order valence-corrected chi connectivity index (χ3v) is 6.47. The molecule has 1 fully saturated rings. The molecule has 4 heteroatoms. The Kier molecular flexibility index (Phi) is 5.55. The molecule has 0 unspecified atom stereocenters. The van der Waals surface area contributed by atoms with E-state index < -0.39 is 0 Å². The maximum Gasteiger partial charge on any atom is 0.0754 e. The summed E-state index contributed by atoms with van der Waals surface area (Å²) in [4.78, 5) is 7.63. The van der Waals surface area contributed by atoms with E-state index in [1.165, 1.54) is 52.5 Å². The van der Waals surface area contributed by atoms with E-state index in [2.05, 4.69) is 54.3 Å². The Hall–Kier alpha value is -2.27. The predicted octanol–water partition coefficient (Wildman–Crippen LogP) is 4.28. The van der Waals surface area contributed by atoms with Crippen molar-refractivity contribution >= 4 is 10.9 Å². The first-order chi connectivity index (χ1) is 14.7. The Morgan fingerprint density at radius 2 is 2.00 bits per heavy atom. The Morgan fingerprint density at radius 1 is 1.13 bits per heavy atom. The topological polar surface area (TPSA) is 45.6 Å². The molecule has 0 spiro atoms. The van der Waals surface area contributed by atoms with Crippen molar-refractivity contribution in [1.82, 2.24) is 9.88 Å². The number of aryl methyl sites for hydroxylation is 3. The van der Waals surface area contributed by atoms with Crippen LogP contribution in [-0.4, -0.2) is 47.4 Å². The summed E-state index contributed by atoms with van der Waals surface area (Å²) in [6.07, 6.45) is 4.43. The summed E-state index contributed by atoms with van der Waals surface area (Å²) in [7, 11) is 0. The number of benzene rings is 2. The predicted molar refractivity (Wildman–Crippen MR) is 121 cm³/mol. The van der Waals surface area contributed by atoms with E-state index in [1.54, 1.807) is 0 Å². The van der Waals surface area contributed by atoms with Gasteiger partial charge in [0.05, 0.1) is 23.9 Å². The standard InChI is InChI=1S/C26H30N2O2/c1-18-4-2-7-21(12-18)26-23(16-28-9-11-30-24(17-28)8-10-29)14-22-13-19-5-3-6-20(19)15-25(22)27-26/h2,4,7,12-15,24,29H,3,5-6,8-11,16-17H2,1H3/t24-/m0/s1. The van der Waals surface area contributed by atoms with Crippen LogP contribution in [0.1, 0.15) is 35.1 Å². The van der Waals surface area contributed by atoms with Crippen molar-refractivity contribution in [3.8, 4) is 11.3 Å². The molecule has 2 aromatic carbocycles. The van der Waals surface area contributed by atoms with Crippen LogP contribution in [0.5, 0.6) is 0 Å². The van der Waals surface area contributed by atoms with Gasteiger partial charge < -0.3 is 9.84 Å². The van der Waals surface area contributed by atoms with E-state index in [0.29, 0.717) is 6.42 Å². The van der Waals surface area contributed by atoms with Crippen LogP contribution in [-0.2, 0) is 24.1 Å². The molecule has 3 aromatic rings. The second-order valence-electron chi connectivity index (χ2n) is 8.77. The highest BCUT2D eigenvalue weighted by atomic mass is 16.5. The van der Waals surface area contributed by atoms with Gasteiger partial charge in [-0.15, -0.1) is 0 Å². The van der Waals surface area contributed by atoms with Crippen molar-refractivity contribution in [2.24, 2.45) is 0 Å². The van der Waals surface area contributed by atoms with Gasteiger partial charge in [-0.05, 0) is 73.6 Å². The van der Waals surface area contributed by atoms with E-state index in [4.69, 9.17) is 9.72 Å². The summed E-state index contributed by atoms with van der Waals surface area (Å²) in [6, 6.07) is 15.7. The number of nitrogens with zero attached hydrogens (tertiary/aromatic N) is 2. The van der Waals surface area contributed by atoms with E-state index in [9.17, 15) is 5.11 Å². The maximum atomic E-state index is 9.30. The number of morpholine rings is 1. The Labute approximate surface area is 178 Å². The van der Waals surface area contributed by atoms with Crippen LogP contribution in [0.3, 0.4) is 0 Å². The van der Waals surface area contributed by atoms with E-state index in [0.717, 1.165) is 37.5 Å². The van der Waals surface area contributed by atoms with Gasteiger partial charge in [-0.25, -0.2) is 4.98 Å². The van der Waals surface area contributed by atoms with Crippen molar-refractivity contribution in [3.05, 3.63) is 64.7 Å². The lowest BCUT2D eigenvalue weighted by Gasteiger charge is -2.33. The first-order valence-electron chi connectivity index (χ1n) is 11.2. The molecule has 0 saturated carbocycles. The van der Waals surface area contributed by atoms with Crippen LogP contribution in [0.2, 0.25) is 0 Å². The molecule has 0 amide bonds. The monoisotopic (exact) mass is 402 g/mol. The highest BCUT2D eigenvalue weighted by molar-refractivity contribution is 5.85. The minimum Gasteiger partial charge on any atom is -0.396 e. The van der Waals surface area contributed by atoms with Gasteiger partial charge in [0, 0.05) is 37.2 Å². The van der Waals surface area contributed by atoms with Gasteiger partial charge >= 0.3 is 0 Å². The van der Waals surface area contributed by atoms with Crippen LogP contribution in [0.4, 0.5) is 0 Å². The SMILES string of the molecule is Cc1cccc(-c2nc3cc4c(cc3cc2CN2CCO[C@@H](CCO)C2)CCC4)c1. The normalized spacial score (nSPS) is 19.3. The number of aliphatic hydroxyl groups excluding tert-OH is 1. The summed E-state index contributed by atoms with van der Waals surface area (Å²) in [6.45, 7) is 5.66. The van der Waals surface area contributed by atoms with Crippen molar-refractivity contribution in [1.29, 1.82) is 0 Å². The third kappa shape index (κ3) is 4.00. The van der Waals surface area contributed by atoms with Crippen LogP contribution in [0.15, 0.2) is 42.5 Å². The van der Waals surface area contributed by atoms with Gasteiger partial charge in [0.2, 0.25) is 0 Å². The fourth-order valence-electron chi connectivity index (χ4n) is 4.94. The van der Waals surface area contributed by atoms with Gasteiger partial charge in [-0.1, -0.05) is 23.8 Å². The van der Waals surface area contributed by atoms with Crippen LogP contribution in [0, 0.1) is 6.92 Å². The van der Waals surface area contributed by atoms with Gasteiger partial charge in [0.15, 0.2) is 0 Å². The Balaban J connectivity index is 1.56. The van der Waals surface area contributed by atoms with Crippen molar-refractivity contribution in [3.63, 3.8) is 0 Å². The van der Waals surface area contributed by atoms with Crippen molar-refractivity contribution < 1.29 is 9.84 Å². The minimum atomic E-state index is 0.114. The third-order valence-electron chi connectivity index (χ3n) is 6.47. The molecule has 0 bridgehead atoms. The number of hydrogen-bond donors (Lipinski definition) is 1. The number of rotatable bonds is 5. The van der Waals surface area contributed by atoms with Gasteiger partial charge in [-0.2, -0.15) is 0 Å². The summed E-state index contributed by atoms with van der Waals surface area (Å²) >= 11 is 0. The smallest absolute Gasteiger partial charge is 0.0754 e. The number of aliphatic hydroxyl groups is 1. The molecule has 2 aliphatic rings. The number of ether oxygens (including phenoxy) is 1. The van der Waals surface area contributed by atoms with Crippen molar-refractivity contribution in [2.75, 3.05) is 26.3 Å². The van der Waals surface area contributed by atoms with E-state index in [-0.39, 0.29) is 12.7 Å². The molecule has 1 aliphatic carbocycles. The largest absolute Gasteiger partial charge is 0.396 e. The van der Waals surface area contributed by atoms with E-state index in [1.807, 2.05) is 0 Å². The van der Waals surface area contributed by atoms with E-state index >= 15 is 0 Å². The molecule has 1 atom stereocenters. The lowest BCUT2D eigenvalue weighted by atomic mass is 9.99. The maximum absolute atomic E-state index is 9.30. The molecule has 1 N–H and O–H groups in total. The zero-order valence-corrected chi connectivity index (χ0v) is 17.7. The lowest BCUT2D eigenvalue weighted by Crippen LogP contribution is -2.42. The molecule has 0 radical (unpaired) electrons. The summed E-state index contributed by atoms with van der Waals surface area (Å²) < 4.78 is 5.82. The fourth-order valence-corrected chi connectivity index (χ4v) is 4.94. The summed E-state index contributed by atoms with van der Waals surface area (Å²) in [5.74, 6) is 0. The van der Waals surface area contributed by atoms with Gasteiger partial charge in [0.25, 0.3) is 0 Å². The first kappa shape index (κ1) is 19.7. The summed E-state index contributed by atoms with van der Waals surface area (Å²) in [5, 5.41) is 10.6. The second kappa shape index (κ2) is 8.46. The number of pyridine rings is 1. The van der Waals surface area contributed by atoms with Crippen LogP contribution >= 0.6 is 0 Å². The first-order valence-corrected chi connectivity index (χ1v) is 11.2. The molecular weight excluding hydrogens is 372 g/mol.